The number of ether oxygens (including phenoxy) is 3. The summed E-state index contributed by atoms with van der Waals surface area (Å²) < 4.78 is 58.6. The second-order valence-electron chi connectivity index (χ2n) is 7.72. The second-order valence-corrected chi connectivity index (χ2v) is 8.99. The topological polar surface area (TPSA) is 110 Å². The van der Waals surface area contributed by atoms with E-state index in [0.29, 0.717) is 0 Å². The molecule has 2 heterocycles. The molecule has 5 atom stereocenters. The molecular formula is C21H22F3N3O6S. The Hall–Kier alpha value is -2.93. The van der Waals surface area contributed by atoms with E-state index in [1.807, 2.05) is 0 Å². The summed E-state index contributed by atoms with van der Waals surface area (Å²) in [5.41, 5.74) is -0.744. The fourth-order valence-electron chi connectivity index (χ4n) is 3.67. The van der Waals surface area contributed by atoms with Crippen LogP contribution in [0.25, 0.3) is 11.3 Å². The number of aromatic nitrogens is 3. The van der Waals surface area contributed by atoms with Gasteiger partial charge in [0.25, 0.3) is 0 Å². The van der Waals surface area contributed by atoms with Crippen molar-refractivity contribution >= 4 is 28.8 Å². The normalized spacial score (nSPS) is 24.5. The summed E-state index contributed by atoms with van der Waals surface area (Å²) in [6.45, 7) is 5.23. The lowest BCUT2D eigenvalue weighted by Crippen LogP contribution is -2.53. The molecule has 0 bridgehead atoms. The van der Waals surface area contributed by atoms with Crippen molar-refractivity contribution in [2.24, 2.45) is 5.92 Å². The smallest absolute Gasteiger partial charge is 0.303 e. The standard InChI is InChI=1S/C21H22F3N3O6S/c1-9-19(27-7-16(25-26-27)13-5-14(22)18(24)15(23)6-13)20(32-11(3)29)17(8-31-10(2)28)33-21(9)34-12(4)30/h5-7,9,17,19-21H,8H2,1-4H3/t9?,17?,19-,20+,21-/m1/s1. The molecule has 1 aromatic carbocycles. The average molecular weight is 501 g/mol. The van der Waals surface area contributed by atoms with Crippen LogP contribution < -0.4 is 0 Å². The van der Waals surface area contributed by atoms with E-state index in [4.69, 9.17) is 14.2 Å². The van der Waals surface area contributed by atoms with Crippen LogP contribution in [-0.4, -0.2) is 56.3 Å². The molecule has 0 saturated carbocycles. The first-order chi connectivity index (χ1) is 16.0. The Labute approximate surface area is 196 Å². The number of carbonyl (C=O) groups excluding carboxylic acids is 3. The van der Waals surface area contributed by atoms with Crippen molar-refractivity contribution in [1.29, 1.82) is 0 Å². The van der Waals surface area contributed by atoms with Crippen molar-refractivity contribution in [1.82, 2.24) is 15.0 Å². The SMILES string of the molecule is CC(=O)OCC1O[C@H](SC(C)=O)C(C)[C@@H](n2cc(-c3cc(F)c(F)c(F)c3)nn2)[C@H]1OC(C)=O. The van der Waals surface area contributed by atoms with Gasteiger partial charge in [0.1, 0.15) is 23.8 Å². The van der Waals surface area contributed by atoms with Crippen LogP contribution in [0.3, 0.4) is 0 Å². The van der Waals surface area contributed by atoms with Gasteiger partial charge in [0.05, 0.1) is 12.2 Å². The summed E-state index contributed by atoms with van der Waals surface area (Å²) in [5.74, 6) is -6.09. The predicted octanol–water partition coefficient (Wildman–Crippen LogP) is 3.04. The summed E-state index contributed by atoms with van der Waals surface area (Å²) in [6, 6.07) is 0.801. The molecule has 1 saturated heterocycles. The number of esters is 2. The van der Waals surface area contributed by atoms with E-state index < -0.39 is 59.0 Å². The van der Waals surface area contributed by atoms with Crippen molar-refractivity contribution < 1.29 is 41.8 Å². The molecule has 0 amide bonds. The van der Waals surface area contributed by atoms with Gasteiger partial charge in [-0.05, 0) is 12.1 Å². The van der Waals surface area contributed by atoms with Gasteiger partial charge in [-0.25, -0.2) is 17.9 Å². The van der Waals surface area contributed by atoms with E-state index in [2.05, 4.69) is 10.3 Å². The molecule has 0 aliphatic carbocycles. The van der Waals surface area contributed by atoms with Crippen LogP contribution in [0.1, 0.15) is 33.7 Å². The van der Waals surface area contributed by atoms with E-state index in [0.717, 1.165) is 23.9 Å². The molecule has 2 aromatic rings. The maximum absolute atomic E-state index is 13.7. The first kappa shape index (κ1) is 25.7. The molecule has 0 spiro atoms. The van der Waals surface area contributed by atoms with Gasteiger partial charge in [-0.3, -0.25) is 14.4 Å². The Kier molecular flexibility index (Phi) is 7.97. The van der Waals surface area contributed by atoms with Crippen LogP contribution in [-0.2, 0) is 28.6 Å². The highest BCUT2D eigenvalue weighted by Gasteiger charge is 2.48. The zero-order valence-corrected chi connectivity index (χ0v) is 19.5. The molecule has 1 aliphatic rings. The summed E-state index contributed by atoms with van der Waals surface area (Å²) in [5, 5.41) is 7.72. The average Bonchev–Trinajstić information content (AvgIpc) is 3.21. The number of halogens is 3. The van der Waals surface area contributed by atoms with Crippen LogP contribution in [0.15, 0.2) is 18.3 Å². The van der Waals surface area contributed by atoms with Crippen LogP contribution in [0.5, 0.6) is 0 Å². The highest BCUT2D eigenvalue weighted by Crippen LogP contribution is 2.41. The summed E-state index contributed by atoms with van der Waals surface area (Å²) in [7, 11) is 0. The van der Waals surface area contributed by atoms with Crippen molar-refractivity contribution in [3.8, 4) is 11.3 Å². The van der Waals surface area contributed by atoms with E-state index in [1.54, 1.807) is 6.92 Å². The second kappa shape index (κ2) is 10.6. The maximum atomic E-state index is 13.7. The van der Waals surface area contributed by atoms with Gasteiger partial charge in [0.2, 0.25) is 0 Å². The van der Waals surface area contributed by atoms with E-state index in [-0.39, 0.29) is 23.0 Å². The molecule has 9 nitrogen and oxygen atoms in total. The molecule has 2 unspecified atom stereocenters. The summed E-state index contributed by atoms with van der Waals surface area (Å²) in [6.07, 6.45) is -0.598. The number of hydrogen-bond donors (Lipinski definition) is 0. The van der Waals surface area contributed by atoms with Crippen LogP contribution in [0, 0.1) is 23.4 Å². The molecule has 184 valence electrons. The molecule has 13 heteroatoms. The lowest BCUT2D eigenvalue weighted by molar-refractivity contribution is -0.191. The molecular weight excluding hydrogens is 479 g/mol. The number of thioether (sulfide) groups is 1. The van der Waals surface area contributed by atoms with Gasteiger partial charge < -0.3 is 14.2 Å². The molecule has 3 rings (SSSR count). The van der Waals surface area contributed by atoms with Gasteiger partial charge in [-0.15, -0.1) is 5.10 Å². The van der Waals surface area contributed by atoms with Crippen LogP contribution in [0.4, 0.5) is 13.2 Å². The fraction of sp³-hybridized carbons (Fsp3) is 0.476. The zero-order valence-electron chi connectivity index (χ0n) is 18.7. The molecule has 1 fully saturated rings. The van der Waals surface area contributed by atoms with Crippen molar-refractivity contribution in [3.63, 3.8) is 0 Å². The molecule has 1 aromatic heterocycles. The van der Waals surface area contributed by atoms with E-state index >= 15 is 0 Å². The minimum atomic E-state index is -1.61. The number of benzene rings is 1. The minimum absolute atomic E-state index is 0.0328. The third-order valence-electron chi connectivity index (χ3n) is 5.11. The van der Waals surface area contributed by atoms with Crippen molar-refractivity contribution in [2.45, 2.75) is 51.4 Å². The van der Waals surface area contributed by atoms with Gasteiger partial charge in [-0.2, -0.15) is 0 Å². The summed E-state index contributed by atoms with van der Waals surface area (Å²) >= 11 is 0.905. The lowest BCUT2D eigenvalue weighted by Gasteiger charge is -2.44. The zero-order chi connectivity index (χ0) is 25.2. The van der Waals surface area contributed by atoms with Crippen LogP contribution in [0.2, 0.25) is 0 Å². The number of nitrogens with zero attached hydrogens (tertiary/aromatic N) is 3. The predicted molar refractivity (Wildman–Crippen MR) is 113 cm³/mol. The quantitative estimate of drug-likeness (QED) is 0.436. The Morgan fingerprint density at radius 1 is 1.12 bits per heavy atom. The number of carbonyl (C=O) groups is 3. The van der Waals surface area contributed by atoms with Gasteiger partial charge >= 0.3 is 11.9 Å². The monoisotopic (exact) mass is 501 g/mol. The number of hydrogen-bond acceptors (Lipinski definition) is 9. The van der Waals surface area contributed by atoms with Gasteiger partial charge in [0.15, 0.2) is 28.7 Å². The molecule has 0 radical (unpaired) electrons. The van der Waals surface area contributed by atoms with E-state index in [1.165, 1.54) is 31.6 Å². The third-order valence-corrected chi connectivity index (χ3v) is 6.21. The Balaban J connectivity index is 2.02. The number of rotatable bonds is 6. The Bertz CT molecular complexity index is 1070. The molecule has 34 heavy (non-hydrogen) atoms. The molecule has 0 N–H and O–H groups in total. The highest BCUT2D eigenvalue weighted by molar-refractivity contribution is 8.14. The minimum Gasteiger partial charge on any atom is -0.463 e. The van der Waals surface area contributed by atoms with Crippen molar-refractivity contribution in [3.05, 3.63) is 35.8 Å². The first-order valence-electron chi connectivity index (χ1n) is 10.2. The first-order valence-corrected chi connectivity index (χ1v) is 11.1. The maximum Gasteiger partial charge on any atom is 0.303 e. The van der Waals surface area contributed by atoms with E-state index in [9.17, 15) is 27.6 Å². The Morgan fingerprint density at radius 3 is 2.32 bits per heavy atom. The highest BCUT2D eigenvalue weighted by atomic mass is 32.2. The van der Waals surface area contributed by atoms with Crippen LogP contribution >= 0.6 is 11.8 Å². The fourth-order valence-corrected chi connectivity index (χ4v) is 4.57. The lowest BCUT2D eigenvalue weighted by atomic mass is 9.90. The van der Waals surface area contributed by atoms with Gasteiger partial charge in [0, 0.05) is 32.3 Å². The van der Waals surface area contributed by atoms with Crippen molar-refractivity contribution in [2.75, 3.05) is 6.61 Å². The third kappa shape index (κ3) is 5.76. The Morgan fingerprint density at radius 2 is 1.76 bits per heavy atom. The largest absolute Gasteiger partial charge is 0.463 e. The molecule has 1 aliphatic heterocycles. The van der Waals surface area contributed by atoms with Gasteiger partial charge in [-0.1, -0.05) is 23.9 Å². The summed E-state index contributed by atoms with van der Waals surface area (Å²) in [4.78, 5) is 35.0.